The zero-order chi connectivity index (χ0) is 17.3. The lowest BCUT2D eigenvalue weighted by Crippen LogP contribution is -2.27. The van der Waals surface area contributed by atoms with Crippen LogP contribution < -0.4 is 0 Å². The van der Waals surface area contributed by atoms with Gasteiger partial charge in [-0.3, -0.25) is 4.90 Å². The van der Waals surface area contributed by atoms with Crippen LogP contribution in [0.5, 0.6) is 0 Å². The zero-order valence-electron chi connectivity index (χ0n) is 13.2. The fraction of sp³-hybridized carbons (Fsp3) is 0.500. The minimum absolute atomic E-state index is 0.198. The van der Waals surface area contributed by atoms with Crippen molar-refractivity contribution in [3.63, 3.8) is 0 Å². The molecule has 130 valence electrons. The van der Waals surface area contributed by atoms with Crippen molar-refractivity contribution >= 4 is 0 Å². The Bertz CT molecular complexity index is 701. The molecule has 1 fully saturated rings. The molecule has 2 atom stereocenters. The Morgan fingerprint density at radius 2 is 2.04 bits per heavy atom. The highest BCUT2D eigenvalue weighted by Crippen LogP contribution is 2.40. The summed E-state index contributed by atoms with van der Waals surface area (Å²) in [6, 6.07) is 5.06. The summed E-state index contributed by atoms with van der Waals surface area (Å²) in [4.78, 5) is 6.02. The van der Waals surface area contributed by atoms with Crippen LogP contribution in [0.4, 0.5) is 13.2 Å². The molecule has 0 radical (unpaired) electrons. The Morgan fingerprint density at radius 3 is 2.75 bits per heavy atom. The maximum absolute atomic E-state index is 13.3. The number of halogens is 3. The Kier molecular flexibility index (Phi) is 4.60. The second-order valence-electron chi connectivity index (χ2n) is 5.91. The van der Waals surface area contributed by atoms with Crippen molar-refractivity contribution in [3.8, 4) is 0 Å². The highest BCUT2D eigenvalue weighted by Gasteiger charge is 2.40. The highest BCUT2D eigenvalue weighted by atomic mass is 19.4. The molecule has 2 aromatic rings. The van der Waals surface area contributed by atoms with Crippen LogP contribution in [0.3, 0.4) is 0 Å². The van der Waals surface area contributed by atoms with Crippen molar-refractivity contribution < 1.29 is 18.3 Å². The van der Waals surface area contributed by atoms with Crippen molar-refractivity contribution in [2.24, 2.45) is 0 Å². The van der Waals surface area contributed by atoms with Crippen LogP contribution in [-0.2, 0) is 19.3 Å². The minimum Gasteiger partial charge on any atom is -0.392 e. The van der Waals surface area contributed by atoms with Gasteiger partial charge in [0.2, 0.25) is 0 Å². The molecule has 1 N–H and O–H groups in total. The highest BCUT2D eigenvalue weighted by molar-refractivity contribution is 5.33. The monoisotopic (exact) mass is 340 g/mol. The van der Waals surface area contributed by atoms with Crippen LogP contribution >= 0.6 is 0 Å². The molecular weight excluding hydrogens is 321 g/mol. The van der Waals surface area contributed by atoms with E-state index in [9.17, 15) is 18.3 Å². The number of aryl methyl sites for hydroxylation is 1. The molecule has 1 saturated heterocycles. The molecule has 3 rings (SSSR count). The molecule has 5 nitrogen and oxygen atoms in total. The molecule has 0 aliphatic carbocycles. The molecule has 1 aliphatic heterocycles. The van der Waals surface area contributed by atoms with Gasteiger partial charge in [-0.15, -0.1) is 0 Å². The maximum Gasteiger partial charge on any atom is 0.416 e. The van der Waals surface area contributed by atoms with Crippen molar-refractivity contribution in [2.45, 2.75) is 44.8 Å². The van der Waals surface area contributed by atoms with Gasteiger partial charge in [0, 0.05) is 19.1 Å². The van der Waals surface area contributed by atoms with Crippen LogP contribution in [0.25, 0.3) is 0 Å². The summed E-state index contributed by atoms with van der Waals surface area (Å²) in [5.41, 5.74) is -0.449. The quantitative estimate of drug-likeness (QED) is 0.930. The Morgan fingerprint density at radius 1 is 1.29 bits per heavy atom. The lowest BCUT2D eigenvalue weighted by Gasteiger charge is -2.26. The molecule has 1 aromatic heterocycles. The number of hydrogen-bond acceptors (Lipinski definition) is 4. The van der Waals surface area contributed by atoms with E-state index in [0.717, 1.165) is 6.07 Å². The first-order valence-corrected chi connectivity index (χ1v) is 7.85. The molecule has 0 unspecified atom stereocenters. The Hall–Kier alpha value is -1.93. The summed E-state index contributed by atoms with van der Waals surface area (Å²) < 4.78 is 41.6. The van der Waals surface area contributed by atoms with E-state index in [1.807, 2.05) is 11.8 Å². The summed E-state index contributed by atoms with van der Waals surface area (Å²) >= 11 is 0. The molecule has 0 bridgehead atoms. The fourth-order valence-electron chi connectivity index (χ4n) is 3.28. The SMILES string of the molecule is CCn1ncnc1CN1C[C@H](O)C[C@H]1c1ccccc1C(F)(F)F. The largest absolute Gasteiger partial charge is 0.416 e. The molecular formula is C16H19F3N4O. The smallest absolute Gasteiger partial charge is 0.392 e. The number of aromatic nitrogens is 3. The summed E-state index contributed by atoms with van der Waals surface area (Å²) in [6.45, 7) is 3.22. The van der Waals surface area contributed by atoms with E-state index in [2.05, 4.69) is 10.1 Å². The second kappa shape index (κ2) is 6.52. The lowest BCUT2D eigenvalue weighted by atomic mass is 9.97. The third kappa shape index (κ3) is 3.29. The van der Waals surface area contributed by atoms with Crippen LogP contribution in [0.1, 0.15) is 36.3 Å². The normalized spacial score (nSPS) is 22.2. The first-order chi connectivity index (χ1) is 11.4. The summed E-state index contributed by atoms with van der Waals surface area (Å²) in [5.74, 6) is 0.682. The van der Waals surface area contributed by atoms with E-state index >= 15 is 0 Å². The number of β-amino-alcohol motifs (C(OH)–C–C–N with tert-alkyl or cyclic N) is 1. The standard InChI is InChI=1S/C16H19F3N4O/c1-2-23-15(20-10-21-23)9-22-8-11(24)7-14(22)12-5-3-4-6-13(12)16(17,18)19/h3-6,10-11,14,24H,2,7-9H2,1H3/t11-,14+/m1/s1. The molecule has 2 heterocycles. The molecule has 0 spiro atoms. The summed E-state index contributed by atoms with van der Waals surface area (Å²) in [6.07, 6.45) is -3.37. The van der Waals surface area contributed by atoms with Gasteiger partial charge in [0.15, 0.2) is 0 Å². The average Bonchev–Trinajstić information content (AvgIpc) is 3.13. The van der Waals surface area contributed by atoms with Gasteiger partial charge >= 0.3 is 6.18 Å². The van der Waals surface area contributed by atoms with Gasteiger partial charge in [-0.05, 0) is 25.0 Å². The van der Waals surface area contributed by atoms with Crippen LogP contribution in [0.15, 0.2) is 30.6 Å². The number of nitrogens with zero attached hydrogens (tertiary/aromatic N) is 4. The molecule has 24 heavy (non-hydrogen) atoms. The number of likely N-dealkylation sites (tertiary alicyclic amines) is 1. The lowest BCUT2D eigenvalue weighted by molar-refractivity contribution is -0.138. The van der Waals surface area contributed by atoms with Crippen LogP contribution in [-0.4, -0.2) is 37.4 Å². The number of rotatable bonds is 4. The number of alkyl halides is 3. The van der Waals surface area contributed by atoms with Gasteiger partial charge in [0.25, 0.3) is 0 Å². The third-order valence-corrected chi connectivity index (χ3v) is 4.35. The van der Waals surface area contributed by atoms with E-state index in [0.29, 0.717) is 25.5 Å². The van der Waals surface area contributed by atoms with E-state index < -0.39 is 23.9 Å². The predicted molar refractivity (Wildman–Crippen MR) is 80.9 cm³/mol. The van der Waals surface area contributed by atoms with Crippen molar-refractivity contribution in [1.82, 2.24) is 19.7 Å². The van der Waals surface area contributed by atoms with E-state index in [-0.39, 0.29) is 12.0 Å². The second-order valence-corrected chi connectivity index (χ2v) is 5.91. The average molecular weight is 340 g/mol. The fourth-order valence-corrected chi connectivity index (χ4v) is 3.28. The van der Waals surface area contributed by atoms with Gasteiger partial charge in [0.05, 0.1) is 18.2 Å². The van der Waals surface area contributed by atoms with Gasteiger partial charge in [-0.25, -0.2) is 9.67 Å². The summed E-state index contributed by atoms with van der Waals surface area (Å²) in [5, 5.41) is 14.1. The molecule has 0 saturated carbocycles. The number of aliphatic hydroxyl groups excluding tert-OH is 1. The zero-order valence-corrected chi connectivity index (χ0v) is 13.2. The number of benzene rings is 1. The van der Waals surface area contributed by atoms with Gasteiger partial charge in [-0.2, -0.15) is 18.3 Å². The van der Waals surface area contributed by atoms with Crippen molar-refractivity contribution in [3.05, 3.63) is 47.5 Å². The molecule has 0 amide bonds. The topological polar surface area (TPSA) is 54.2 Å². The van der Waals surface area contributed by atoms with Gasteiger partial charge in [0.1, 0.15) is 12.2 Å². The maximum atomic E-state index is 13.3. The van der Waals surface area contributed by atoms with Crippen LogP contribution in [0.2, 0.25) is 0 Å². The molecule has 1 aromatic carbocycles. The van der Waals surface area contributed by atoms with E-state index in [4.69, 9.17) is 0 Å². The molecule has 1 aliphatic rings. The first kappa shape index (κ1) is 16.9. The predicted octanol–water partition coefficient (Wildman–Crippen LogP) is 2.62. The summed E-state index contributed by atoms with van der Waals surface area (Å²) in [7, 11) is 0. The van der Waals surface area contributed by atoms with Gasteiger partial charge in [-0.1, -0.05) is 18.2 Å². The van der Waals surface area contributed by atoms with Crippen molar-refractivity contribution in [2.75, 3.05) is 6.54 Å². The third-order valence-electron chi connectivity index (χ3n) is 4.35. The minimum atomic E-state index is -4.42. The number of hydrogen-bond donors (Lipinski definition) is 1. The number of aliphatic hydroxyl groups is 1. The van der Waals surface area contributed by atoms with Crippen molar-refractivity contribution in [1.29, 1.82) is 0 Å². The van der Waals surface area contributed by atoms with Crippen LogP contribution in [0, 0.1) is 0 Å². The Balaban J connectivity index is 1.92. The molecule has 8 heteroatoms. The first-order valence-electron chi connectivity index (χ1n) is 7.85. The van der Waals surface area contributed by atoms with E-state index in [1.54, 1.807) is 10.7 Å². The van der Waals surface area contributed by atoms with Gasteiger partial charge < -0.3 is 5.11 Å². The van der Waals surface area contributed by atoms with E-state index in [1.165, 1.54) is 18.5 Å². The Labute approximate surface area is 137 Å².